The number of aryl methyl sites for hydroxylation is 1. The normalized spacial score (nSPS) is 12.4. The second-order valence-corrected chi connectivity index (χ2v) is 5.65. The van der Waals surface area contributed by atoms with Gasteiger partial charge in [0.1, 0.15) is 18.1 Å². The molecule has 1 heterocycles. The number of aromatic nitrogens is 3. The fourth-order valence-electron chi connectivity index (χ4n) is 1.84. The van der Waals surface area contributed by atoms with Crippen LogP contribution in [0.2, 0.25) is 0 Å². The highest BCUT2D eigenvalue weighted by Crippen LogP contribution is 2.24. The van der Waals surface area contributed by atoms with Gasteiger partial charge in [-0.05, 0) is 36.6 Å². The van der Waals surface area contributed by atoms with Gasteiger partial charge in [-0.25, -0.2) is 0 Å². The van der Waals surface area contributed by atoms with Gasteiger partial charge in [0.05, 0.1) is 6.20 Å². The first-order chi connectivity index (χ1) is 9.58. The van der Waals surface area contributed by atoms with Gasteiger partial charge in [0.25, 0.3) is 0 Å². The van der Waals surface area contributed by atoms with Gasteiger partial charge in [0, 0.05) is 17.6 Å². The Morgan fingerprint density at radius 3 is 2.90 bits per heavy atom. The van der Waals surface area contributed by atoms with Gasteiger partial charge >= 0.3 is 0 Å². The van der Waals surface area contributed by atoms with Crippen LogP contribution in [-0.4, -0.2) is 21.0 Å². The van der Waals surface area contributed by atoms with E-state index in [9.17, 15) is 0 Å². The number of ether oxygens (including phenoxy) is 1. The van der Waals surface area contributed by atoms with Crippen molar-refractivity contribution in [2.24, 2.45) is 12.8 Å². The Hall–Kier alpha value is -1.40. The van der Waals surface area contributed by atoms with Crippen molar-refractivity contribution in [3.8, 4) is 5.75 Å². The third-order valence-corrected chi connectivity index (χ3v) is 3.83. The van der Waals surface area contributed by atoms with Crippen LogP contribution in [0.3, 0.4) is 0 Å². The van der Waals surface area contributed by atoms with Crippen LogP contribution in [0.1, 0.15) is 24.6 Å². The molecule has 6 heteroatoms. The minimum atomic E-state index is 0.168. The molecule has 0 fully saturated rings. The molecule has 2 rings (SSSR count). The van der Waals surface area contributed by atoms with E-state index in [2.05, 4.69) is 33.2 Å². The molecule has 0 spiro atoms. The molecule has 2 N–H and O–H groups in total. The smallest absolute Gasteiger partial charge is 0.134 e. The molecule has 0 bridgehead atoms. The van der Waals surface area contributed by atoms with Crippen LogP contribution in [0.25, 0.3) is 0 Å². The number of halogens is 1. The maximum absolute atomic E-state index is 6.01. The zero-order valence-electron chi connectivity index (χ0n) is 11.7. The summed E-state index contributed by atoms with van der Waals surface area (Å²) >= 11 is 3.55. The quantitative estimate of drug-likeness (QED) is 0.878. The van der Waals surface area contributed by atoms with Crippen LogP contribution < -0.4 is 10.5 Å². The van der Waals surface area contributed by atoms with Crippen LogP contribution in [-0.2, 0) is 20.1 Å². The third kappa shape index (κ3) is 4.05. The fourth-order valence-corrected chi connectivity index (χ4v) is 2.25. The molecule has 1 unspecified atom stereocenters. The average Bonchev–Trinajstić information content (AvgIpc) is 2.85. The van der Waals surface area contributed by atoms with E-state index < -0.39 is 0 Å². The van der Waals surface area contributed by atoms with E-state index in [0.717, 1.165) is 34.3 Å². The van der Waals surface area contributed by atoms with Crippen LogP contribution in [0.5, 0.6) is 5.75 Å². The van der Waals surface area contributed by atoms with Gasteiger partial charge in [-0.2, -0.15) is 0 Å². The summed E-state index contributed by atoms with van der Waals surface area (Å²) in [5, 5.41) is 7.86. The minimum absolute atomic E-state index is 0.168. The minimum Gasteiger partial charge on any atom is -0.487 e. The van der Waals surface area contributed by atoms with Crippen molar-refractivity contribution in [3.63, 3.8) is 0 Å². The summed E-state index contributed by atoms with van der Waals surface area (Å²) in [6, 6.07) is 6.11. The maximum Gasteiger partial charge on any atom is 0.134 e. The van der Waals surface area contributed by atoms with E-state index in [1.54, 1.807) is 4.68 Å². The SMILES string of the molecule is CCC(N)Cc1cc(OCc2cn(C)nn2)ccc1Br. The van der Waals surface area contributed by atoms with E-state index in [4.69, 9.17) is 10.5 Å². The number of nitrogens with zero attached hydrogens (tertiary/aromatic N) is 3. The van der Waals surface area contributed by atoms with Crippen LogP contribution in [0, 0.1) is 0 Å². The van der Waals surface area contributed by atoms with Crippen molar-refractivity contribution < 1.29 is 4.74 Å². The van der Waals surface area contributed by atoms with Crippen molar-refractivity contribution in [3.05, 3.63) is 40.1 Å². The molecule has 2 aromatic rings. The van der Waals surface area contributed by atoms with Gasteiger partial charge in [0.15, 0.2) is 0 Å². The molecule has 1 aromatic carbocycles. The van der Waals surface area contributed by atoms with Gasteiger partial charge < -0.3 is 10.5 Å². The number of hydrogen-bond donors (Lipinski definition) is 1. The lowest BCUT2D eigenvalue weighted by Gasteiger charge is -2.12. The highest BCUT2D eigenvalue weighted by atomic mass is 79.9. The van der Waals surface area contributed by atoms with Gasteiger partial charge in [-0.3, -0.25) is 4.68 Å². The molecular weight excluding hydrogens is 320 g/mol. The summed E-state index contributed by atoms with van der Waals surface area (Å²) < 4.78 is 8.46. The van der Waals surface area contributed by atoms with Gasteiger partial charge in [-0.15, -0.1) is 5.10 Å². The second kappa shape index (κ2) is 6.85. The van der Waals surface area contributed by atoms with Crippen LogP contribution >= 0.6 is 15.9 Å². The van der Waals surface area contributed by atoms with Gasteiger partial charge in [-0.1, -0.05) is 28.1 Å². The van der Waals surface area contributed by atoms with Crippen LogP contribution in [0.15, 0.2) is 28.9 Å². The van der Waals surface area contributed by atoms with E-state index in [1.165, 1.54) is 0 Å². The van der Waals surface area contributed by atoms with E-state index in [-0.39, 0.29) is 6.04 Å². The molecule has 0 aliphatic carbocycles. The summed E-state index contributed by atoms with van der Waals surface area (Å²) in [6.07, 6.45) is 3.63. The predicted molar refractivity (Wildman–Crippen MR) is 81.4 cm³/mol. The largest absolute Gasteiger partial charge is 0.487 e. The maximum atomic E-state index is 6.01. The lowest BCUT2D eigenvalue weighted by atomic mass is 10.0. The summed E-state index contributed by atoms with van der Waals surface area (Å²) in [4.78, 5) is 0. The number of rotatable bonds is 6. The first-order valence-electron chi connectivity index (χ1n) is 6.60. The summed E-state index contributed by atoms with van der Waals surface area (Å²) in [6.45, 7) is 2.50. The third-order valence-electron chi connectivity index (χ3n) is 3.06. The van der Waals surface area contributed by atoms with Crippen molar-refractivity contribution in [1.29, 1.82) is 0 Å². The molecule has 0 saturated carbocycles. The molecule has 0 amide bonds. The number of benzene rings is 1. The van der Waals surface area contributed by atoms with E-state index in [0.29, 0.717) is 6.61 Å². The predicted octanol–water partition coefficient (Wildman–Crippen LogP) is 2.44. The zero-order valence-corrected chi connectivity index (χ0v) is 13.3. The summed E-state index contributed by atoms with van der Waals surface area (Å²) in [7, 11) is 1.83. The Morgan fingerprint density at radius 2 is 2.25 bits per heavy atom. The zero-order chi connectivity index (χ0) is 14.5. The number of hydrogen-bond acceptors (Lipinski definition) is 4. The Balaban J connectivity index is 2.03. The highest BCUT2D eigenvalue weighted by molar-refractivity contribution is 9.10. The van der Waals surface area contributed by atoms with Crippen molar-refractivity contribution in [2.45, 2.75) is 32.4 Å². The molecular formula is C14H19BrN4O. The van der Waals surface area contributed by atoms with Crippen molar-refractivity contribution in [1.82, 2.24) is 15.0 Å². The van der Waals surface area contributed by atoms with Crippen LogP contribution in [0.4, 0.5) is 0 Å². The molecule has 20 heavy (non-hydrogen) atoms. The molecule has 0 radical (unpaired) electrons. The lowest BCUT2D eigenvalue weighted by Crippen LogP contribution is -2.21. The molecule has 0 aliphatic heterocycles. The standard InChI is InChI=1S/C14H19BrN4O/c1-3-11(16)6-10-7-13(4-5-14(10)15)20-9-12-8-19(2)18-17-12/h4-5,7-8,11H,3,6,9,16H2,1-2H3. The van der Waals surface area contributed by atoms with Crippen molar-refractivity contribution >= 4 is 15.9 Å². The fraction of sp³-hybridized carbons (Fsp3) is 0.429. The molecule has 1 aromatic heterocycles. The Kier molecular flexibility index (Phi) is 5.14. The second-order valence-electron chi connectivity index (χ2n) is 4.80. The van der Waals surface area contributed by atoms with Crippen molar-refractivity contribution in [2.75, 3.05) is 0 Å². The molecule has 0 saturated heterocycles. The number of nitrogens with two attached hydrogens (primary N) is 1. The van der Waals surface area contributed by atoms with Gasteiger partial charge in [0.2, 0.25) is 0 Å². The first-order valence-corrected chi connectivity index (χ1v) is 7.39. The Labute approximate surface area is 127 Å². The molecule has 5 nitrogen and oxygen atoms in total. The van der Waals surface area contributed by atoms with E-state index >= 15 is 0 Å². The summed E-state index contributed by atoms with van der Waals surface area (Å²) in [5.41, 5.74) is 7.98. The monoisotopic (exact) mass is 338 g/mol. The Bertz CT molecular complexity index is 570. The Morgan fingerprint density at radius 1 is 1.45 bits per heavy atom. The topological polar surface area (TPSA) is 66.0 Å². The molecule has 0 aliphatic rings. The highest BCUT2D eigenvalue weighted by Gasteiger charge is 2.08. The first kappa shape index (κ1) is 15.0. The summed E-state index contributed by atoms with van der Waals surface area (Å²) in [5.74, 6) is 0.817. The van der Waals surface area contributed by atoms with E-state index in [1.807, 2.05) is 31.4 Å². The molecule has 1 atom stereocenters. The molecule has 108 valence electrons. The lowest BCUT2D eigenvalue weighted by molar-refractivity contribution is 0.300. The average molecular weight is 339 g/mol.